The van der Waals surface area contributed by atoms with Gasteiger partial charge < -0.3 is 22.7 Å². The molecule has 0 bridgehead atoms. The van der Waals surface area contributed by atoms with Crippen LogP contribution in [0.2, 0.25) is 0 Å². The Labute approximate surface area is 161 Å². The minimum atomic E-state index is -3.76. The average Bonchev–Trinajstić information content (AvgIpc) is 3.03. The third-order valence-corrected chi connectivity index (χ3v) is 9.96. The van der Waals surface area contributed by atoms with Crippen molar-refractivity contribution < 1.29 is 27.2 Å². The third-order valence-electron chi connectivity index (χ3n) is 4.01. The summed E-state index contributed by atoms with van der Waals surface area (Å²) in [5, 5.41) is -0.0397. The Bertz CT molecular complexity index is 771. The van der Waals surface area contributed by atoms with Crippen molar-refractivity contribution in [1.82, 2.24) is 4.57 Å². The first-order valence-corrected chi connectivity index (χ1v) is 12.5. The van der Waals surface area contributed by atoms with Crippen molar-refractivity contribution in [3.8, 4) is 0 Å². The van der Waals surface area contributed by atoms with E-state index in [-0.39, 0.29) is 33.0 Å². The highest BCUT2D eigenvalue weighted by Crippen LogP contribution is 2.70. The molecule has 0 aliphatic heterocycles. The first kappa shape index (κ1) is 22.4. The fourth-order valence-electron chi connectivity index (χ4n) is 2.99. The maximum absolute atomic E-state index is 13.6. The molecule has 0 aliphatic rings. The van der Waals surface area contributed by atoms with Gasteiger partial charge in [-0.2, -0.15) is 0 Å². The lowest BCUT2D eigenvalue weighted by Crippen LogP contribution is -2.22. The molecule has 7 nitrogen and oxygen atoms in total. The number of hydrogen-bond acceptors (Lipinski definition) is 6. The van der Waals surface area contributed by atoms with Crippen LogP contribution in [-0.2, 0) is 33.8 Å². The van der Waals surface area contributed by atoms with Crippen molar-refractivity contribution in [2.75, 3.05) is 26.4 Å². The molecule has 1 heterocycles. The van der Waals surface area contributed by atoms with Crippen LogP contribution in [-0.4, -0.2) is 36.4 Å². The molecule has 0 N–H and O–H groups in total. The van der Waals surface area contributed by atoms with Gasteiger partial charge in [0.15, 0.2) is 5.40 Å². The van der Waals surface area contributed by atoms with Crippen molar-refractivity contribution in [2.24, 2.45) is 0 Å². The predicted octanol–water partition coefficient (Wildman–Crippen LogP) is 5.50. The van der Waals surface area contributed by atoms with Crippen LogP contribution < -0.4 is 0 Å². The van der Waals surface area contributed by atoms with E-state index in [4.69, 9.17) is 18.1 Å². The molecule has 27 heavy (non-hydrogen) atoms. The second-order valence-electron chi connectivity index (χ2n) is 5.76. The van der Waals surface area contributed by atoms with E-state index in [1.807, 2.05) is 41.1 Å². The van der Waals surface area contributed by atoms with Crippen molar-refractivity contribution in [3.05, 3.63) is 36.5 Å². The van der Waals surface area contributed by atoms with E-state index in [9.17, 15) is 9.13 Å². The second-order valence-corrected chi connectivity index (χ2v) is 10.6. The van der Waals surface area contributed by atoms with Crippen LogP contribution in [0.4, 0.5) is 0 Å². The summed E-state index contributed by atoms with van der Waals surface area (Å²) in [5.74, 6) is 0. The summed E-state index contributed by atoms with van der Waals surface area (Å²) in [6.07, 6.45) is 1.86. The van der Waals surface area contributed by atoms with E-state index < -0.39 is 20.6 Å². The summed E-state index contributed by atoms with van der Waals surface area (Å²) < 4.78 is 51.1. The molecule has 0 spiro atoms. The van der Waals surface area contributed by atoms with E-state index in [0.717, 1.165) is 10.9 Å². The molecule has 0 fully saturated rings. The van der Waals surface area contributed by atoms with Crippen LogP contribution in [0.15, 0.2) is 36.5 Å². The molecule has 0 unspecified atom stereocenters. The summed E-state index contributed by atoms with van der Waals surface area (Å²) in [6.45, 7) is 7.68. The number of rotatable bonds is 12. The van der Waals surface area contributed by atoms with Gasteiger partial charge in [-0.1, -0.05) is 18.2 Å². The van der Waals surface area contributed by atoms with Gasteiger partial charge >= 0.3 is 15.2 Å². The fourth-order valence-corrected chi connectivity index (χ4v) is 8.20. The Hall–Kier alpha value is -0.940. The zero-order chi connectivity index (χ0) is 19.9. The topological polar surface area (TPSA) is 76.0 Å². The van der Waals surface area contributed by atoms with Crippen LogP contribution in [0.25, 0.3) is 10.9 Å². The smallest absolute Gasteiger partial charge is 0.346 e. The molecular weight excluding hydrogens is 388 g/mol. The van der Waals surface area contributed by atoms with Crippen molar-refractivity contribution in [2.45, 2.75) is 39.6 Å². The van der Waals surface area contributed by atoms with Crippen LogP contribution in [0, 0.1) is 0 Å². The highest BCUT2D eigenvalue weighted by atomic mass is 31.2. The van der Waals surface area contributed by atoms with Gasteiger partial charge in [0.1, 0.15) is 0 Å². The molecular formula is C18H29NO6P2. The molecule has 2 rings (SSSR count). The maximum atomic E-state index is 13.6. The molecule has 0 amide bonds. The molecule has 0 saturated carbocycles. The Morgan fingerprint density at radius 1 is 0.815 bits per heavy atom. The SMILES string of the molecule is CCOP(=O)(OCC)C(Cn1ccc2ccccc21)P(=O)(OCC)OCC. The summed E-state index contributed by atoms with van der Waals surface area (Å²) in [6, 6.07) is 9.75. The number of fused-ring (bicyclic) bond motifs is 1. The average molecular weight is 417 g/mol. The minimum absolute atomic E-state index is 0.127. The van der Waals surface area contributed by atoms with E-state index in [1.165, 1.54) is 0 Å². The molecule has 9 heteroatoms. The van der Waals surface area contributed by atoms with Crippen molar-refractivity contribution >= 4 is 26.1 Å². The fraction of sp³-hybridized carbons (Fsp3) is 0.556. The van der Waals surface area contributed by atoms with Gasteiger partial charge in [-0.25, -0.2) is 0 Å². The lowest BCUT2D eigenvalue weighted by Gasteiger charge is -2.31. The van der Waals surface area contributed by atoms with Gasteiger partial charge in [-0.05, 0) is 45.2 Å². The first-order chi connectivity index (χ1) is 12.9. The van der Waals surface area contributed by atoms with Crippen molar-refractivity contribution in [1.29, 1.82) is 0 Å². The Morgan fingerprint density at radius 3 is 1.78 bits per heavy atom. The number of para-hydroxylation sites is 1. The maximum Gasteiger partial charge on any atom is 0.347 e. The first-order valence-electron chi connectivity index (χ1n) is 9.25. The standard InChI is InChI=1S/C18H29NO6P2/c1-5-22-26(20,23-6-2)18(27(21,24-7-3)25-8-4)15-19-14-13-16-11-9-10-12-17(16)19/h9-14,18H,5-8,15H2,1-4H3. The Balaban J connectivity index is 2.54. The molecule has 0 saturated heterocycles. The van der Waals surface area contributed by atoms with Crippen LogP contribution in [0.5, 0.6) is 0 Å². The molecule has 1 aromatic heterocycles. The second kappa shape index (κ2) is 10.0. The Kier molecular flexibility index (Phi) is 8.29. The number of benzene rings is 1. The number of nitrogens with zero attached hydrogens (tertiary/aromatic N) is 1. The van der Waals surface area contributed by atoms with Crippen molar-refractivity contribution in [3.63, 3.8) is 0 Å². The van der Waals surface area contributed by atoms with E-state index >= 15 is 0 Å². The lowest BCUT2D eigenvalue weighted by atomic mass is 10.2. The van der Waals surface area contributed by atoms with E-state index in [0.29, 0.717) is 0 Å². The quantitative estimate of drug-likeness (QED) is 0.425. The molecule has 2 aromatic rings. The lowest BCUT2D eigenvalue weighted by molar-refractivity contribution is 0.192. The highest BCUT2D eigenvalue weighted by molar-refractivity contribution is 7.72. The molecule has 0 atom stereocenters. The van der Waals surface area contributed by atoms with E-state index in [2.05, 4.69) is 0 Å². The Morgan fingerprint density at radius 2 is 1.30 bits per heavy atom. The summed E-state index contributed by atoms with van der Waals surface area (Å²) in [7, 11) is -7.53. The monoisotopic (exact) mass is 417 g/mol. The largest absolute Gasteiger partial charge is 0.347 e. The van der Waals surface area contributed by atoms with Crippen LogP contribution >= 0.6 is 15.2 Å². The van der Waals surface area contributed by atoms with Crippen LogP contribution in [0.1, 0.15) is 27.7 Å². The predicted molar refractivity (Wildman–Crippen MR) is 107 cm³/mol. The summed E-state index contributed by atoms with van der Waals surface area (Å²) in [4.78, 5) is 0. The molecule has 1 aromatic carbocycles. The van der Waals surface area contributed by atoms with Gasteiger partial charge in [0.25, 0.3) is 0 Å². The van der Waals surface area contributed by atoms with Gasteiger partial charge in [0.05, 0.1) is 26.4 Å². The summed E-state index contributed by atoms with van der Waals surface area (Å²) >= 11 is 0. The van der Waals surface area contributed by atoms with Gasteiger partial charge in [0.2, 0.25) is 0 Å². The van der Waals surface area contributed by atoms with Gasteiger partial charge in [0, 0.05) is 18.3 Å². The number of hydrogen-bond donors (Lipinski definition) is 0. The zero-order valence-electron chi connectivity index (χ0n) is 16.4. The van der Waals surface area contributed by atoms with Gasteiger partial charge in [-0.3, -0.25) is 9.13 Å². The number of aromatic nitrogens is 1. The van der Waals surface area contributed by atoms with Gasteiger partial charge in [-0.15, -0.1) is 0 Å². The summed E-state index contributed by atoms with van der Waals surface area (Å²) in [5.41, 5.74) is 0.932. The molecule has 0 radical (unpaired) electrons. The highest BCUT2D eigenvalue weighted by Gasteiger charge is 2.51. The van der Waals surface area contributed by atoms with E-state index in [1.54, 1.807) is 27.7 Å². The molecule has 0 aliphatic carbocycles. The normalized spacial score (nSPS) is 12.9. The van der Waals surface area contributed by atoms with Crippen LogP contribution in [0.3, 0.4) is 0 Å². The zero-order valence-corrected chi connectivity index (χ0v) is 18.2. The third kappa shape index (κ3) is 5.11. The molecule has 152 valence electrons. The minimum Gasteiger partial charge on any atom is -0.346 e.